The van der Waals surface area contributed by atoms with E-state index in [-0.39, 0.29) is 6.85 Å². The van der Waals surface area contributed by atoms with Crippen molar-refractivity contribution in [2.45, 2.75) is 52.4 Å². The van der Waals surface area contributed by atoms with Gasteiger partial charge in [0.2, 0.25) is 0 Å². The predicted molar refractivity (Wildman–Crippen MR) is 238 cm³/mol. The Morgan fingerprint density at radius 1 is 0.600 bits per heavy atom. The molecule has 7 aromatic carbocycles. The highest BCUT2D eigenvalue weighted by atomic mass is 32.1. The van der Waals surface area contributed by atoms with Gasteiger partial charge in [0.25, 0.3) is 0 Å². The van der Waals surface area contributed by atoms with Gasteiger partial charge in [-0.3, -0.25) is 0 Å². The van der Waals surface area contributed by atoms with Crippen LogP contribution in [0.2, 0.25) is 0 Å². The lowest BCUT2D eigenvalue weighted by atomic mass is 9.43. The number of para-hydroxylation sites is 2. The van der Waals surface area contributed by atoms with E-state index < -0.39 is 0 Å². The fraction of sp³-hybridized carbons (Fsp3) is 0.160. The van der Waals surface area contributed by atoms with Crippen LogP contribution in [0.5, 0.6) is 0 Å². The standard InChI is InChI=1S/C50H41BN2OS/c1-3-5-14-32-22-25-34(26-23-32)52-42-29-24-33(15-6-4-2)30-41(42)51-47-43(52)31-40-37-19-11-13-21-45(37)55-50(40)46(47)39-28-27-38-36-18-10-12-20-44(36)54-49(38)48(39)53(51)35-16-8-7-9-17-35/h7-13,16-31H,3-6,14-15H2,1-2H3. The van der Waals surface area contributed by atoms with Gasteiger partial charge in [-0.25, -0.2) is 0 Å². The molecule has 5 heteroatoms. The number of thiophene rings is 1. The van der Waals surface area contributed by atoms with Gasteiger partial charge in [-0.2, -0.15) is 0 Å². The van der Waals surface area contributed by atoms with Gasteiger partial charge in [0.15, 0.2) is 5.58 Å². The first-order valence-electron chi connectivity index (χ1n) is 20.0. The third-order valence-corrected chi connectivity index (χ3v) is 13.2. The second kappa shape index (κ2) is 12.9. The normalized spacial score (nSPS) is 13.2. The van der Waals surface area contributed by atoms with E-state index in [1.807, 2.05) is 11.3 Å². The van der Waals surface area contributed by atoms with Gasteiger partial charge in [-0.1, -0.05) is 112 Å². The molecule has 0 fully saturated rings. The third-order valence-electron chi connectivity index (χ3n) is 12.0. The number of hydrogen-bond acceptors (Lipinski definition) is 4. The number of aryl methyl sites for hydroxylation is 2. The van der Waals surface area contributed by atoms with Crippen molar-refractivity contribution in [3.8, 4) is 11.1 Å². The summed E-state index contributed by atoms with van der Waals surface area (Å²) < 4.78 is 9.63. The molecule has 3 nitrogen and oxygen atoms in total. The average molecular weight is 729 g/mol. The maximum Gasteiger partial charge on any atom is 0.333 e. The zero-order valence-electron chi connectivity index (χ0n) is 31.3. The molecular weight excluding hydrogens is 687 g/mol. The molecule has 0 unspecified atom stereocenters. The number of hydrogen-bond donors (Lipinski definition) is 0. The lowest BCUT2D eigenvalue weighted by Crippen LogP contribution is -2.61. The number of nitrogens with zero attached hydrogens (tertiary/aromatic N) is 2. The van der Waals surface area contributed by atoms with E-state index in [2.05, 4.69) is 163 Å². The van der Waals surface area contributed by atoms with Gasteiger partial charge in [0.1, 0.15) is 5.58 Å². The first-order chi connectivity index (χ1) is 27.2. The number of anilines is 5. The van der Waals surface area contributed by atoms with E-state index in [0.29, 0.717) is 0 Å². The second-order valence-corrected chi connectivity index (χ2v) is 16.4. The molecule has 0 radical (unpaired) electrons. The van der Waals surface area contributed by atoms with Crippen molar-refractivity contribution in [2.24, 2.45) is 0 Å². The minimum absolute atomic E-state index is 0.0787. The van der Waals surface area contributed by atoms with Gasteiger partial charge in [0, 0.05) is 64.8 Å². The highest BCUT2D eigenvalue weighted by Gasteiger charge is 2.47. The van der Waals surface area contributed by atoms with Crippen LogP contribution in [-0.4, -0.2) is 6.85 Å². The topological polar surface area (TPSA) is 19.6 Å². The summed E-state index contributed by atoms with van der Waals surface area (Å²) in [6.45, 7) is 4.48. The van der Waals surface area contributed by atoms with Crippen molar-refractivity contribution in [1.29, 1.82) is 0 Å². The molecule has 9 aromatic rings. The summed E-state index contributed by atoms with van der Waals surface area (Å²) in [5.74, 6) is 0. The average Bonchev–Trinajstić information content (AvgIpc) is 3.81. The van der Waals surface area contributed by atoms with Gasteiger partial charge < -0.3 is 14.1 Å². The van der Waals surface area contributed by atoms with Crippen LogP contribution in [0.1, 0.15) is 50.7 Å². The van der Waals surface area contributed by atoms with Gasteiger partial charge in [0.05, 0.1) is 5.69 Å². The molecule has 0 amide bonds. The van der Waals surface area contributed by atoms with Crippen molar-refractivity contribution in [2.75, 3.05) is 9.71 Å². The molecule has 11 rings (SSSR count). The van der Waals surface area contributed by atoms with Crippen LogP contribution in [0.15, 0.2) is 144 Å². The highest BCUT2D eigenvalue weighted by molar-refractivity contribution is 7.26. The van der Waals surface area contributed by atoms with Crippen LogP contribution >= 0.6 is 11.3 Å². The Morgan fingerprint density at radius 3 is 2.15 bits per heavy atom. The van der Waals surface area contributed by atoms with Crippen LogP contribution in [-0.2, 0) is 12.8 Å². The molecule has 55 heavy (non-hydrogen) atoms. The molecule has 4 heterocycles. The lowest BCUT2D eigenvalue weighted by molar-refractivity contribution is 0.669. The summed E-state index contributed by atoms with van der Waals surface area (Å²) in [6.07, 6.45) is 6.91. The maximum atomic E-state index is 6.98. The summed E-state index contributed by atoms with van der Waals surface area (Å²) in [5.41, 5.74) is 15.9. The van der Waals surface area contributed by atoms with Crippen molar-refractivity contribution >= 4 is 99.7 Å². The second-order valence-electron chi connectivity index (χ2n) is 15.3. The van der Waals surface area contributed by atoms with Gasteiger partial charge >= 0.3 is 6.85 Å². The Morgan fingerprint density at radius 2 is 1.33 bits per heavy atom. The Kier molecular flexibility index (Phi) is 7.67. The minimum atomic E-state index is -0.0787. The number of fused-ring (bicyclic) bond motifs is 12. The van der Waals surface area contributed by atoms with E-state index in [4.69, 9.17) is 4.42 Å². The van der Waals surface area contributed by atoms with E-state index in [1.54, 1.807) is 0 Å². The van der Waals surface area contributed by atoms with Gasteiger partial charge in [-0.15, -0.1) is 11.3 Å². The van der Waals surface area contributed by atoms with Crippen molar-refractivity contribution in [1.82, 2.24) is 0 Å². The van der Waals surface area contributed by atoms with Crippen LogP contribution in [0.3, 0.4) is 0 Å². The quantitative estimate of drug-likeness (QED) is 0.145. The predicted octanol–water partition coefficient (Wildman–Crippen LogP) is 13.3. The Hall–Kier alpha value is -5.78. The molecule has 2 aromatic heterocycles. The SMILES string of the molecule is CCCCc1ccc(N2c3ccc(CCCC)cc3B3c4c2cc2c(sc5ccccc52)c4-c2ccc4c(oc5ccccc54)c2N3c2ccccc2)cc1. The minimum Gasteiger partial charge on any atom is -0.454 e. The van der Waals surface area contributed by atoms with E-state index >= 15 is 0 Å². The number of rotatable bonds is 8. The summed E-state index contributed by atoms with van der Waals surface area (Å²) in [5, 5.41) is 4.93. The molecule has 0 saturated heterocycles. The first kappa shape index (κ1) is 32.6. The van der Waals surface area contributed by atoms with E-state index in [1.165, 1.54) is 96.1 Å². The zero-order chi connectivity index (χ0) is 36.6. The molecule has 266 valence electrons. The van der Waals surface area contributed by atoms with Crippen LogP contribution < -0.4 is 20.6 Å². The van der Waals surface area contributed by atoms with Crippen molar-refractivity contribution in [3.63, 3.8) is 0 Å². The third kappa shape index (κ3) is 4.95. The van der Waals surface area contributed by atoms with E-state index in [0.717, 1.165) is 46.2 Å². The first-order valence-corrected chi connectivity index (χ1v) is 20.8. The van der Waals surface area contributed by atoms with Crippen molar-refractivity contribution < 1.29 is 4.42 Å². The number of unbranched alkanes of at least 4 members (excludes halogenated alkanes) is 2. The summed E-state index contributed by atoms with van der Waals surface area (Å²) in [4.78, 5) is 5.18. The molecule has 0 N–H and O–H groups in total. The summed E-state index contributed by atoms with van der Waals surface area (Å²) in [6, 6.07) is 52.4. The van der Waals surface area contributed by atoms with E-state index in [9.17, 15) is 0 Å². The fourth-order valence-corrected chi connectivity index (χ4v) is 10.6. The van der Waals surface area contributed by atoms with Crippen LogP contribution in [0.25, 0.3) is 53.2 Å². The largest absolute Gasteiger partial charge is 0.454 e. The Bertz CT molecular complexity index is 2930. The maximum absolute atomic E-state index is 6.98. The van der Waals surface area contributed by atoms with Gasteiger partial charge in [-0.05, 0) is 102 Å². The highest BCUT2D eigenvalue weighted by Crippen LogP contribution is 2.54. The monoisotopic (exact) mass is 728 g/mol. The Balaban J connectivity index is 1.30. The van der Waals surface area contributed by atoms with Crippen molar-refractivity contribution in [3.05, 3.63) is 151 Å². The van der Waals surface area contributed by atoms with Crippen LogP contribution in [0, 0.1) is 0 Å². The lowest BCUT2D eigenvalue weighted by Gasteiger charge is -2.46. The molecule has 0 bridgehead atoms. The molecular formula is C50H41BN2OS. The van der Waals surface area contributed by atoms with Crippen LogP contribution in [0.4, 0.5) is 28.4 Å². The summed E-state index contributed by atoms with van der Waals surface area (Å²) >= 11 is 1.93. The fourth-order valence-electron chi connectivity index (χ4n) is 9.39. The molecule has 2 aliphatic heterocycles. The number of benzene rings is 7. The smallest absolute Gasteiger partial charge is 0.333 e. The Labute approximate surface area is 326 Å². The molecule has 0 saturated carbocycles. The molecule has 2 aliphatic rings. The zero-order valence-corrected chi connectivity index (χ0v) is 32.1. The summed E-state index contributed by atoms with van der Waals surface area (Å²) in [7, 11) is 0. The number of furan rings is 1. The molecule has 0 aliphatic carbocycles. The molecule has 0 atom stereocenters. The molecule has 0 spiro atoms.